The molecule has 10 nitrogen and oxygen atoms in total. The third-order valence-electron chi connectivity index (χ3n) is 7.51. The number of aromatic amines is 1. The Hall–Kier alpha value is -4.02. The molecule has 0 aliphatic carbocycles. The summed E-state index contributed by atoms with van der Waals surface area (Å²) in [7, 11) is 4.28. The number of H-pyrrole nitrogens is 1. The number of pyridine rings is 3. The molecule has 2 fully saturated rings. The van der Waals surface area contributed by atoms with E-state index in [9.17, 15) is 4.79 Å². The minimum Gasteiger partial charge on any atom is -0.354 e. The van der Waals surface area contributed by atoms with Gasteiger partial charge in [0.2, 0.25) is 0 Å². The quantitative estimate of drug-likeness (QED) is 0.422. The van der Waals surface area contributed by atoms with Crippen molar-refractivity contribution in [3.63, 3.8) is 0 Å². The Kier molecular flexibility index (Phi) is 6.65. The summed E-state index contributed by atoms with van der Waals surface area (Å²) in [4.78, 5) is 39.3. The molecule has 0 saturated carbocycles. The van der Waals surface area contributed by atoms with E-state index < -0.39 is 0 Å². The van der Waals surface area contributed by atoms with Gasteiger partial charge in [0.05, 0.1) is 17.4 Å². The van der Waals surface area contributed by atoms with Gasteiger partial charge < -0.3 is 29.9 Å². The molecular weight excluding hydrogens is 478 g/mol. The highest BCUT2D eigenvalue weighted by molar-refractivity contribution is 6.07. The molecule has 0 bridgehead atoms. The standard InChI is InChI=1S/C28H33N9O/c1-34-7-11-36(12-8-34)25-4-3-22(18-30-25)33-28(38)21-15-23-24(19-32-27(23)31-17-21)20-5-6-29-26(16-20)37-13-9-35(2)10-14-37/h3-6,15-19H,7-14H2,1-2H3,(H,31,32)(H,33,38). The molecular formula is C28H33N9O. The first-order chi connectivity index (χ1) is 18.5. The van der Waals surface area contributed by atoms with Crippen molar-refractivity contribution in [3.8, 4) is 11.1 Å². The fourth-order valence-corrected chi connectivity index (χ4v) is 5.05. The number of fused-ring (bicyclic) bond motifs is 1. The molecule has 0 atom stereocenters. The lowest BCUT2D eigenvalue weighted by molar-refractivity contribution is 0.102. The second kappa shape index (κ2) is 10.4. The van der Waals surface area contributed by atoms with Crippen LogP contribution in [0.4, 0.5) is 17.3 Å². The zero-order chi connectivity index (χ0) is 26.1. The van der Waals surface area contributed by atoms with E-state index in [0.29, 0.717) is 11.3 Å². The van der Waals surface area contributed by atoms with E-state index in [1.807, 2.05) is 36.7 Å². The van der Waals surface area contributed by atoms with E-state index >= 15 is 0 Å². The maximum Gasteiger partial charge on any atom is 0.257 e. The lowest BCUT2D eigenvalue weighted by atomic mass is 10.1. The number of anilines is 3. The van der Waals surface area contributed by atoms with Crippen molar-refractivity contribution < 1.29 is 4.79 Å². The minimum atomic E-state index is -0.214. The number of piperazine rings is 2. The smallest absolute Gasteiger partial charge is 0.257 e. The highest BCUT2D eigenvalue weighted by Gasteiger charge is 2.18. The summed E-state index contributed by atoms with van der Waals surface area (Å²) in [6, 6.07) is 9.89. The number of carbonyl (C=O) groups excluding carboxylic acids is 1. The van der Waals surface area contributed by atoms with Crippen molar-refractivity contribution in [3.05, 3.63) is 60.7 Å². The van der Waals surface area contributed by atoms with Crippen LogP contribution in [-0.4, -0.2) is 102 Å². The van der Waals surface area contributed by atoms with Crippen molar-refractivity contribution in [2.24, 2.45) is 0 Å². The van der Waals surface area contributed by atoms with Gasteiger partial charge in [-0.1, -0.05) is 0 Å². The summed E-state index contributed by atoms with van der Waals surface area (Å²) in [5, 5.41) is 3.87. The van der Waals surface area contributed by atoms with E-state index in [0.717, 1.165) is 86.2 Å². The second-order valence-corrected chi connectivity index (χ2v) is 10.2. The Bertz CT molecular complexity index is 1420. The van der Waals surface area contributed by atoms with Crippen LogP contribution in [0.2, 0.25) is 0 Å². The van der Waals surface area contributed by atoms with Gasteiger partial charge in [0.1, 0.15) is 17.3 Å². The van der Waals surface area contributed by atoms with Crippen LogP contribution in [0.3, 0.4) is 0 Å². The maximum absolute atomic E-state index is 13.1. The normalized spacial score (nSPS) is 17.2. The van der Waals surface area contributed by atoms with Crippen LogP contribution in [0.25, 0.3) is 22.2 Å². The van der Waals surface area contributed by atoms with Gasteiger partial charge in [-0.15, -0.1) is 0 Å². The van der Waals surface area contributed by atoms with Crippen molar-refractivity contribution in [2.45, 2.75) is 0 Å². The van der Waals surface area contributed by atoms with Crippen LogP contribution >= 0.6 is 0 Å². The number of aromatic nitrogens is 4. The van der Waals surface area contributed by atoms with E-state index in [1.54, 1.807) is 12.4 Å². The molecule has 4 aromatic heterocycles. The van der Waals surface area contributed by atoms with Crippen molar-refractivity contribution >= 4 is 34.3 Å². The molecule has 10 heteroatoms. The van der Waals surface area contributed by atoms with Crippen LogP contribution < -0.4 is 15.1 Å². The molecule has 0 spiro atoms. The molecule has 0 radical (unpaired) electrons. The lowest BCUT2D eigenvalue weighted by Gasteiger charge is -2.33. The summed E-state index contributed by atoms with van der Waals surface area (Å²) >= 11 is 0. The van der Waals surface area contributed by atoms with E-state index in [4.69, 9.17) is 0 Å². The highest BCUT2D eigenvalue weighted by atomic mass is 16.1. The van der Waals surface area contributed by atoms with Crippen LogP contribution in [-0.2, 0) is 0 Å². The molecule has 2 saturated heterocycles. The molecule has 4 aromatic rings. The van der Waals surface area contributed by atoms with Gasteiger partial charge >= 0.3 is 0 Å². The Morgan fingerprint density at radius 2 is 1.53 bits per heavy atom. The fourth-order valence-electron chi connectivity index (χ4n) is 5.05. The lowest BCUT2D eigenvalue weighted by Crippen LogP contribution is -2.44. The number of carbonyl (C=O) groups is 1. The molecule has 2 aliphatic heterocycles. The Labute approximate surface area is 222 Å². The molecule has 2 N–H and O–H groups in total. The van der Waals surface area contributed by atoms with E-state index in [-0.39, 0.29) is 5.91 Å². The summed E-state index contributed by atoms with van der Waals surface area (Å²) < 4.78 is 0. The van der Waals surface area contributed by atoms with Crippen molar-refractivity contribution in [2.75, 3.05) is 81.6 Å². The first-order valence-electron chi connectivity index (χ1n) is 13.1. The van der Waals surface area contributed by atoms with Crippen LogP contribution in [0.1, 0.15) is 10.4 Å². The number of nitrogens with zero attached hydrogens (tertiary/aromatic N) is 7. The zero-order valence-electron chi connectivity index (χ0n) is 21.9. The Morgan fingerprint density at radius 3 is 2.21 bits per heavy atom. The Balaban J connectivity index is 1.19. The maximum atomic E-state index is 13.1. The Morgan fingerprint density at radius 1 is 0.816 bits per heavy atom. The average Bonchev–Trinajstić information content (AvgIpc) is 3.38. The van der Waals surface area contributed by atoms with Crippen molar-refractivity contribution in [1.82, 2.24) is 29.7 Å². The molecule has 196 valence electrons. The zero-order valence-corrected chi connectivity index (χ0v) is 21.9. The molecule has 0 unspecified atom stereocenters. The monoisotopic (exact) mass is 511 g/mol. The first kappa shape index (κ1) is 24.3. The number of hydrogen-bond acceptors (Lipinski definition) is 8. The topological polar surface area (TPSA) is 96.5 Å². The molecule has 0 aromatic carbocycles. The molecule has 6 rings (SSSR count). The highest BCUT2D eigenvalue weighted by Crippen LogP contribution is 2.30. The number of likely N-dealkylation sites (N-methyl/N-ethyl adjacent to an activating group) is 2. The van der Waals surface area contributed by atoms with E-state index in [2.05, 4.69) is 65.0 Å². The van der Waals surface area contributed by atoms with E-state index in [1.165, 1.54) is 0 Å². The summed E-state index contributed by atoms with van der Waals surface area (Å²) in [5.41, 5.74) is 3.94. The van der Waals surface area contributed by atoms with Crippen molar-refractivity contribution in [1.29, 1.82) is 0 Å². The molecule has 1 amide bonds. The van der Waals surface area contributed by atoms with Gasteiger partial charge in [-0.2, -0.15) is 0 Å². The van der Waals surface area contributed by atoms with Crippen LogP contribution in [0, 0.1) is 0 Å². The number of hydrogen-bond donors (Lipinski definition) is 2. The minimum absolute atomic E-state index is 0.214. The van der Waals surface area contributed by atoms with Gasteiger partial charge in [0.25, 0.3) is 5.91 Å². The summed E-state index contributed by atoms with van der Waals surface area (Å²) in [6.45, 7) is 7.91. The van der Waals surface area contributed by atoms with Crippen LogP contribution in [0.15, 0.2) is 55.1 Å². The second-order valence-electron chi connectivity index (χ2n) is 10.2. The van der Waals surface area contributed by atoms with Gasteiger partial charge in [0.15, 0.2) is 0 Å². The third-order valence-corrected chi connectivity index (χ3v) is 7.51. The van der Waals surface area contributed by atoms with Gasteiger partial charge in [-0.3, -0.25) is 4.79 Å². The summed E-state index contributed by atoms with van der Waals surface area (Å²) in [6.07, 6.45) is 7.12. The first-order valence-corrected chi connectivity index (χ1v) is 13.1. The SMILES string of the molecule is CN1CCN(c2ccc(NC(=O)c3cnc4[nH]cc(-c5ccnc(N6CCN(C)CC6)c5)c4c3)cn2)CC1. The number of amides is 1. The van der Waals surface area contributed by atoms with Gasteiger partial charge in [-0.05, 0) is 50.0 Å². The largest absolute Gasteiger partial charge is 0.354 e. The summed E-state index contributed by atoms with van der Waals surface area (Å²) in [5.74, 6) is 1.69. The van der Waals surface area contributed by atoms with Gasteiger partial charge in [-0.25, -0.2) is 15.0 Å². The predicted molar refractivity (Wildman–Crippen MR) is 151 cm³/mol. The molecule has 38 heavy (non-hydrogen) atoms. The number of rotatable bonds is 5. The predicted octanol–water partition coefficient (Wildman–Crippen LogP) is 2.78. The van der Waals surface area contributed by atoms with Gasteiger partial charge in [0, 0.05) is 81.9 Å². The molecule has 6 heterocycles. The fraction of sp³-hybridized carbons (Fsp3) is 0.357. The number of nitrogens with one attached hydrogen (secondary N) is 2. The average molecular weight is 512 g/mol. The molecule has 2 aliphatic rings. The third kappa shape index (κ3) is 5.05. The van der Waals surface area contributed by atoms with Crippen LogP contribution in [0.5, 0.6) is 0 Å².